The average Bonchev–Trinajstić information content (AvgIpc) is 2.37. The zero-order valence-electron chi connectivity index (χ0n) is 10.1. The van der Waals surface area contributed by atoms with Gasteiger partial charge in [-0.3, -0.25) is 4.79 Å². The summed E-state index contributed by atoms with van der Waals surface area (Å²) in [6.07, 6.45) is 2.76. The Kier molecular flexibility index (Phi) is 3.97. The van der Waals surface area contributed by atoms with E-state index in [-0.39, 0.29) is 24.8 Å². The predicted molar refractivity (Wildman–Crippen MR) is 64.5 cm³/mol. The molecule has 0 aliphatic heterocycles. The summed E-state index contributed by atoms with van der Waals surface area (Å²) in [7, 11) is 0. The molecule has 0 aromatic heterocycles. The van der Waals surface area contributed by atoms with Gasteiger partial charge in [0.2, 0.25) is 5.91 Å². The van der Waals surface area contributed by atoms with Gasteiger partial charge in [0.1, 0.15) is 0 Å². The molecular formula is C14H16NO3-. The second-order valence-corrected chi connectivity index (χ2v) is 4.58. The number of aliphatic carboxylic acids is 1. The zero-order chi connectivity index (χ0) is 13.0. The number of carbonyl (C=O) groups is 2. The Morgan fingerprint density at radius 1 is 1.28 bits per heavy atom. The first-order chi connectivity index (χ1) is 8.66. The molecule has 0 radical (unpaired) electrons. The molecule has 1 amide bonds. The summed E-state index contributed by atoms with van der Waals surface area (Å²) in [6.45, 7) is 0. The number of hydrogen-bond donors (Lipinski definition) is 1. The lowest BCUT2D eigenvalue weighted by Crippen LogP contribution is -2.32. The predicted octanol–water partition coefficient (Wildman–Crippen LogP) is 0.710. The smallest absolute Gasteiger partial charge is 0.220 e. The Balaban J connectivity index is 1.98. The third-order valence-corrected chi connectivity index (χ3v) is 3.26. The summed E-state index contributed by atoms with van der Waals surface area (Å²) in [5.74, 6) is -1.41. The standard InChI is InChI=1S/C14H17NO3/c16-13(8-9-14(17)18)15-12-7-3-5-10-4-1-2-6-11(10)12/h1-2,4,6,12H,3,5,7-9H2,(H,15,16)(H,17,18)/p-1/t12-/m0/s1. The van der Waals surface area contributed by atoms with Gasteiger partial charge in [-0.05, 0) is 36.8 Å². The van der Waals surface area contributed by atoms with Crippen LogP contribution in [0.4, 0.5) is 0 Å². The molecule has 1 N–H and O–H groups in total. The van der Waals surface area contributed by atoms with Crippen LogP contribution in [0.15, 0.2) is 24.3 Å². The topological polar surface area (TPSA) is 69.2 Å². The van der Waals surface area contributed by atoms with Crippen LogP contribution in [0.1, 0.15) is 42.9 Å². The van der Waals surface area contributed by atoms with Gasteiger partial charge in [0, 0.05) is 12.4 Å². The van der Waals surface area contributed by atoms with Gasteiger partial charge in [-0.25, -0.2) is 0 Å². The van der Waals surface area contributed by atoms with Crippen LogP contribution in [-0.2, 0) is 16.0 Å². The molecule has 0 saturated carbocycles. The van der Waals surface area contributed by atoms with E-state index < -0.39 is 5.97 Å². The Labute approximate surface area is 106 Å². The summed E-state index contributed by atoms with van der Waals surface area (Å²) in [5.41, 5.74) is 2.43. The maximum Gasteiger partial charge on any atom is 0.220 e. The van der Waals surface area contributed by atoms with Crippen molar-refractivity contribution in [3.8, 4) is 0 Å². The van der Waals surface area contributed by atoms with Gasteiger partial charge in [0.15, 0.2) is 0 Å². The van der Waals surface area contributed by atoms with Crippen molar-refractivity contribution < 1.29 is 14.7 Å². The van der Waals surface area contributed by atoms with Crippen molar-refractivity contribution in [2.75, 3.05) is 0 Å². The van der Waals surface area contributed by atoms with E-state index >= 15 is 0 Å². The molecule has 1 aromatic rings. The van der Waals surface area contributed by atoms with Gasteiger partial charge in [-0.15, -0.1) is 0 Å². The van der Waals surface area contributed by atoms with Crippen LogP contribution in [0.3, 0.4) is 0 Å². The lowest BCUT2D eigenvalue weighted by atomic mass is 9.87. The highest BCUT2D eigenvalue weighted by atomic mass is 16.4. The summed E-state index contributed by atoms with van der Waals surface area (Å²) in [4.78, 5) is 21.9. The van der Waals surface area contributed by atoms with Crippen LogP contribution in [0.25, 0.3) is 0 Å². The van der Waals surface area contributed by atoms with Crippen LogP contribution < -0.4 is 10.4 Å². The first kappa shape index (κ1) is 12.6. The minimum atomic E-state index is -1.19. The highest BCUT2D eigenvalue weighted by Gasteiger charge is 2.20. The molecular weight excluding hydrogens is 230 g/mol. The highest BCUT2D eigenvalue weighted by Crippen LogP contribution is 2.29. The lowest BCUT2D eigenvalue weighted by molar-refractivity contribution is -0.305. The second kappa shape index (κ2) is 5.67. The van der Waals surface area contributed by atoms with E-state index in [1.165, 1.54) is 5.56 Å². The van der Waals surface area contributed by atoms with Crippen LogP contribution in [0.5, 0.6) is 0 Å². The Bertz CT molecular complexity index is 456. The van der Waals surface area contributed by atoms with E-state index in [9.17, 15) is 14.7 Å². The molecule has 4 nitrogen and oxygen atoms in total. The number of aryl methyl sites for hydroxylation is 1. The molecule has 0 spiro atoms. The number of hydrogen-bond acceptors (Lipinski definition) is 3. The molecule has 0 heterocycles. The summed E-state index contributed by atoms with van der Waals surface area (Å²) in [5, 5.41) is 13.2. The molecule has 2 rings (SSSR count). The van der Waals surface area contributed by atoms with E-state index in [1.54, 1.807) is 0 Å². The third-order valence-electron chi connectivity index (χ3n) is 3.26. The number of benzene rings is 1. The number of nitrogens with one attached hydrogen (secondary N) is 1. The number of carbonyl (C=O) groups excluding carboxylic acids is 2. The van der Waals surface area contributed by atoms with Gasteiger partial charge in [0.25, 0.3) is 0 Å². The number of amides is 1. The minimum absolute atomic E-state index is 0.0129. The molecule has 1 aliphatic rings. The SMILES string of the molecule is O=C([O-])CCC(=O)N[C@H]1CCCc2ccccc21. The van der Waals surface area contributed by atoms with E-state index in [2.05, 4.69) is 11.4 Å². The normalized spacial score (nSPS) is 17.9. The second-order valence-electron chi connectivity index (χ2n) is 4.58. The lowest BCUT2D eigenvalue weighted by Gasteiger charge is -2.26. The van der Waals surface area contributed by atoms with Crippen molar-refractivity contribution in [3.63, 3.8) is 0 Å². The van der Waals surface area contributed by atoms with Crippen molar-refractivity contribution in [2.45, 2.75) is 38.1 Å². The summed E-state index contributed by atoms with van der Waals surface area (Å²) >= 11 is 0. The van der Waals surface area contributed by atoms with Gasteiger partial charge in [0.05, 0.1) is 6.04 Å². The Morgan fingerprint density at radius 2 is 2.06 bits per heavy atom. The van der Waals surface area contributed by atoms with Crippen molar-refractivity contribution in [3.05, 3.63) is 35.4 Å². The Hall–Kier alpha value is -1.84. The van der Waals surface area contributed by atoms with Gasteiger partial charge >= 0.3 is 0 Å². The molecule has 1 atom stereocenters. The molecule has 0 saturated heterocycles. The molecule has 18 heavy (non-hydrogen) atoms. The van der Waals surface area contributed by atoms with Crippen LogP contribution in [0.2, 0.25) is 0 Å². The number of carboxylic acids is 1. The monoisotopic (exact) mass is 246 g/mol. The fourth-order valence-electron chi connectivity index (χ4n) is 2.39. The van der Waals surface area contributed by atoms with E-state index in [1.807, 2.05) is 18.2 Å². The van der Waals surface area contributed by atoms with Gasteiger partial charge in [-0.1, -0.05) is 24.3 Å². The van der Waals surface area contributed by atoms with Crippen molar-refractivity contribution in [1.82, 2.24) is 5.32 Å². The first-order valence-corrected chi connectivity index (χ1v) is 6.24. The van der Waals surface area contributed by atoms with Gasteiger partial charge in [-0.2, -0.15) is 0 Å². The maximum absolute atomic E-state index is 11.6. The summed E-state index contributed by atoms with van der Waals surface area (Å²) < 4.78 is 0. The van der Waals surface area contributed by atoms with E-state index in [0.717, 1.165) is 24.8 Å². The molecule has 0 unspecified atom stereocenters. The maximum atomic E-state index is 11.6. The van der Waals surface area contributed by atoms with Crippen molar-refractivity contribution >= 4 is 11.9 Å². The van der Waals surface area contributed by atoms with Gasteiger partial charge < -0.3 is 15.2 Å². The van der Waals surface area contributed by atoms with Crippen molar-refractivity contribution in [1.29, 1.82) is 0 Å². The highest BCUT2D eigenvalue weighted by molar-refractivity contribution is 5.80. The van der Waals surface area contributed by atoms with Crippen LogP contribution in [0, 0.1) is 0 Å². The molecule has 0 bridgehead atoms. The van der Waals surface area contributed by atoms with Crippen LogP contribution >= 0.6 is 0 Å². The number of fused-ring (bicyclic) bond motifs is 1. The number of rotatable bonds is 4. The zero-order valence-corrected chi connectivity index (χ0v) is 10.1. The third kappa shape index (κ3) is 3.09. The fourth-order valence-corrected chi connectivity index (χ4v) is 2.39. The molecule has 96 valence electrons. The molecule has 1 aromatic carbocycles. The summed E-state index contributed by atoms with van der Waals surface area (Å²) in [6, 6.07) is 8.08. The quantitative estimate of drug-likeness (QED) is 0.850. The number of carboxylic acid groups (broad SMARTS) is 1. The van der Waals surface area contributed by atoms with E-state index in [4.69, 9.17) is 0 Å². The first-order valence-electron chi connectivity index (χ1n) is 6.24. The fraction of sp³-hybridized carbons (Fsp3) is 0.429. The average molecular weight is 246 g/mol. The minimum Gasteiger partial charge on any atom is -0.550 e. The Morgan fingerprint density at radius 3 is 2.83 bits per heavy atom. The molecule has 0 fully saturated rings. The molecule has 1 aliphatic carbocycles. The van der Waals surface area contributed by atoms with Crippen LogP contribution in [-0.4, -0.2) is 11.9 Å². The van der Waals surface area contributed by atoms with E-state index in [0.29, 0.717) is 0 Å². The molecule has 4 heteroatoms. The largest absolute Gasteiger partial charge is 0.550 e. The van der Waals surface area contributed by atoms with Crippen molar-refractivity contribution in [2.24, 2.45) is 0 Å².